The Balaban J connectivity index is 1.46. The third-order valence-corrected chi connectivity index (χ3v) is 5.79. The minimum absolute atomic E-state index is 0.0200. The number of likely N-dealkylation sites (N-methyl/N-ethyl adjacent to an activating group) is 1. The van der Waals surface area contributed by atoms with Crippen molar-refractivity contribution in [3.05, 3.63) is 54.3 Å². The van der Waals surface area contributed by atoms with Crippen molar-refractivity contribution in [3.63, 3.8) is 0 Å². The van der Waals surface area contributed by atoms with Gasteiger partial charge in [0, 0.05) is 30.8 Å². The van der Waals surface area contributed by atoms with Crippen LogP contribution in [-0.2, 0) is 0 Å². The maximum absolute atomic E-state index is 13.1. The number of rotatable bonds is 4. The van der Waals surface area contributed by atoms with E-state index in [1.807, 2.05) is 35.2 Å². The summed E-state index contributed by atoms with van der Waals surface area (Å²) in [6.45, 7) is 3.35. The largest absolute Gasteiger partial charge is 0.497 e. The van der Waals surface area contributed by atoms with Gasteiger partial charge >= 0.3 is 0 Å². The summed E-state index contributed by atoms with van der Waals surface area (Å²) in [6.07, 6.45) is 2.51. The van der Waals surface area contributed by atoms with Crippen LogP contribution in [0, 0.1) is 0 Å². The third kappa shape index (κ3) is 3.85. The molecule has 1 aliphatic rings. The lowest BCUT2D eigenvalue weighted by atomic mass is 10.1. The van der Waals surface area contributed by atoms with E-state index in [9.17, 15) is 4.79 Å². The molecule has 0 unspecified atom stereocenters. The van der Waals surface area contributed by atoms with Crippen LogP contribution in [-0.4, -0.2) is 66.2 Å². The summed E-state index contributed by atoms with van der Waals surface area (Å²) in [5, 5.41) is 4.92. The van der Waals surface area contributed by atoms with E-state index in [0.29, 0.717) is 28.4 Å². The number of oxazole rings is 1. The SMILES string of the molecule is COc1cccc(-c2nc(-c3noc4ccc(C(=O)N5CCCN(C)CC5)cc34)co2)c1. The molecule has 1 saturated heterocycles. The van der Waals surface area contributed by atoms with Crippen molar-refractivity contribution >= 4 is 16.9 Å². The van der Waals surface area contributed by atoms with E-state index in [1.165, 1.54) is 0 Å². The highest BCUT2D eigenvalue weighted by atomic mass is 16.5. The van der Waals surface area contributed by atoms with Gasteiger partial charge in [0.15, 0.2) is 5.58 Å². The Morgan fingerprint density at radius 1 is 1.09 bits per heavy atom. The zero-order valence-corrected chi connectivity index (χ0v) is 18.1. The van der Waals surface area contributed by atoms with Crippen LogP contribution in [0.5, 0.6) is 5.75 Å². The van der Waals surface area contributed by atoms with Gasteiger partial charge in [0.25, 0.3) is 5.91 Å². The molecule has 0 N–H and O–H groups in total. The predicted molar refractivity (Wildman–Crippen MR) is 120 cm³/mol. The molecule has 5 rings (SSSR count). The maximum Gasteiger partial charge on any atom is 0.253 e. The number of carbonyl (C=O) groups is 1. The molecule has 8 nitrogen and oxygen atoms in total. The second-order valence-corrected chi connectivity index (χ2v) is 7.96. The average molecular weight is 432 g/mol. The van der Waals surface area contributed by atoms with Crippen molar-refractivity contribution in [2.24, 2.45) is 0 Å². The highest BCUT2D eigenvalue weighted by Gasteiger charge is 2.22. The fourth-order valence-corrected chi connectivity index (χ4v) is 3.96. The van der Waals surface area contributed by atoms with Crippen molar-refractivity contribution in [1.82, 2.24) is 19.9 Å². The van der Waals surface area contributed by atoms with Crippen LogP contribution >= 0.6 is 0 Å². The molecule has 2 aromatic carbocycles. The van der Waals surface area contributed by atoms with Crippen molar-refractivity contribution in [3.8, 4) is 28.6 Å². The molecular weight excluding hydrogens is 408 g/mol. The van der Waals surface area contributed by atoms with Gasteiger partial charge in [-0.1, -0.05) is 11.2 Å². The van der Waals surface area contributed by atoms with Crippen LogP contribution in [0.2, 0.25) is 0 Å². The Morgan fingerprint density at radius 2 is 2.00 bits per heavy atom. The number of carbonyl (C=O) groups excluding carboxylic acids is 1. The number of nitrogens with zero attached hydrogens (tertiary/aromatic N) is 4. The van der Waals surface area contributed by atoms with Gasteiger partial charge in [0.05, 0.1) is 12.5 Å². The van der Waals surface area contributed by atoms with Crippen LogP contribution < -0.4 is 4.74 Å². The lowest BCUT2D eigenvalue weighted by Crippen LogP contribution is -2.34. The van der Waals surface area contributed by atoms with Crippen molar-refractivity contribution in [2.75, 3.05) is 40.3 Å². The molecule has 8 heteroatoms. The smallest absolute Gasteiger partial charge is 0.253 e. The van der Waals surface area contributed by atoms with Gasteiger partial charge in [-0.3, -0.25) is 4.79 Å². The summed E-state index contributed by atoms with van der Waals surface area (Å²) in [5.74, 6) is 1.19. The van der Waals surface area contributed by atoms with Gasteiger partial charge < -0.3 is 23.5 Å². The molecule has 0 bridgehead atoms. The summed E-state index contributed by atoms with van der Waals surface area (Å²) >= 11 is 0. The van der Waals surface area contributed by atoms with Crippen molar-refractivity contribution < 1.29 is 18.5 Å². The molecule has 4 aromatic rings. The van der Waals surface area contributed by atoms with Crippen LogP contribution in [0.3, 0.4) is 0 Å². The Labute approximate surface area is 185 Å². The van der Waals surface area contributed by atoms with E-state index in [-0.39, 0.29) is 5.91 Å². The molecule has 0 atom stereocenters. The van der Waals surface area contributed by atoms with Crippen LogP contribution in [0.1, 0.15) is 16.8 Å². The summed E-state index contributed by atoms with van der Waals surface area (Å²) in [6, 6.07) is 12.9. The Kier molecular flexibility index (Phi) is 5.36. The zero-order chi connectivity index (χ0) is 22.1. The fraction of sp³-hybridized carbons (Fsp3) is 0.292. The molecule has 1 aliphatic heterocycles. The third-order valence-electron chi connectivity index (χ3n) is 5.79. The summed E-state index contributed by atoms with van der Waals surface area (Å²) in [5.41, 5.74) is 3.09. The summed E-state index contributed by atoms with van der Waals surface area (Å²) in [7, 11) is 3.70. The second-order valence-electron chi connectivity index (χ2n) is 7.96. The highest BCUT2D eigenvalue weighted by Crippen LogP contribution is 2.31. The first-order valence-electron chi connectivity index (χ1n) is 10.6. The zero-order valence-electron chi connectivity index (χ0n) is 18.1. The minimum atomic E-state index is 0.0200. The monoisotopic (exact) mass is 432 g/mol. The molecule has 2 aromatic heterocycles. The molecule has 0 saturated carbocycles. The number of methoxy groups -OCH3 is 1. The van der Waals surface area contributed by atoms with Gasteiger partial charge in [-0.15, -0.1) is 0 Å². The van der Waals surface area contributed by atoms with E-state index in [1.54, 1.807) is 25.5 Å². The summed E-state index contributed by atoms with van der Waals surface area (Å²) < 4.78 is 16.5. The number of aromatic nitrogens is 2. The van der Waals surface area contributed by atoms with Crippen molar-refractivity contribution in [2.45, 2.75) is 6.42 Å². The molecule has 32 heavy (non-hydrogen) atoms. The minimum Gasteiger partial charge on any atom is -0.497 e. The van der Waals surface area contributed by atoms with E-state index >= 15 is 0 Å². The molecule has 0 spiro atoms. The summed E-state index contributed by atoms with van der Waals surface area (Å²) in [4.78, 5) is 21.9. The first kappa shape index (κ1) is 20.3. The van der Waals surface area contributed by atoms with E-state index in [4.69, 9.17) is 13.7 Å². The number of hydrogen-bond acceptors (Lipinski definition) is 7. The Hall–Kier alpha value is -3.65. The van der Waals surface area contributed by atoms with Gasteiger partial charge in [-0.2, -0.15) is 0 Å². The van der Waals surface area contributed by atoms with E-state index < -0.39 is 0 Å². The Bertz CT molecular complexity index is 1260. The average Bonchev–Trinajstić information content (AvgIpc) is 3.42. The standard InChI is InChI=1S/C24H24N4O4/c1-27-9-4-10-28(12-11-27)24(29)17-7-8-21-19(14-17)22(26-32-21)20-15-31-23(25-20)16-5-3-6-18(13-16)30-2/h3,5-8,13-15H,4,9-12H2,1-2H3. The predicted octanol–water partition coefficient (Wildman–Crippen LogP) is 3.94. The van der Waals surface area contributed by atoms with Crippen LogP contribution in [0.25, 0.3) is 33.8 Å². The number of amides is 1. The first-order valence-corrected chi connectivity index (χ1v) is 10.6. The highest BCUT2D eigenvalue weighted by molar-refractivity contribution is 6.00. The first-order chi connectivity index (χ1) is 15.6. The van der Waals surface area contributed by atoms with Gasteiger partial charge in [-0.25, -0.2) is 4.98 Å². The second kappa shape index (κ2) is 8.47. The lowest BCUT2D eigenvalue weighted by Gasteiger charge is -2.20. The lowest BCUT2D eigenvalue weighted by molar-refractivity contribution is 0.0763. The van der Waals surface area contributed by atoms with Crippen molar-refractivity contribution in [1.29, 1.82) is 0 Å². The molecule has 1 fully saturated rings. The van der Waals surface area contributed by atoms with Gasteiger partial charge in [0.2, 0.25) is 5.89 Å². The van der Waals surface area contributed by atoms with Gasteiger partial charge in [0.1, 0.15) is 23.4 Å². The molecular formula is C24H24N4O4. The van der Waals surface area contributed by atoms with E-state index in [0.717, 1.165) is 49.3 Å². The molecule has 3 heterocycles. The number of ether oxygens (including phenoxy) is 1. The maximum atomic E-state index is 13.1. The fourth-order valence-electron chi connectivity index (χ4n) is 3.96. The molecule has 164 valence electrons. The van der Waals surface area contributed by atoms with E-state index in [2.05, 4.69) is 22.1 Å². The Morgan fingerprint density at radius 3 is 2.88 bits per heavy atom. The van der Waals surface area contributed by atoms with Crippen LogP contribution in [0.15, 0.2) is 57.7 Å². The number of hydrogen-bond donors (Lipinski definition) is 0. The number of fused-ring (bicyclic) bond motifs is 1. The molecule has 1 amide bonds. The molecule has 0 aliphatic carbocycles. The number of benzene rings is 2. The quantitative estimate of drug-likeness (QED) is 0.483. The van der Waals surface area contributed by atoms with Crippen LogP contribution in [0.4, 0.5) is 0 Å². The normalized spacial score (nSPS) is 15.1. The molecule has 0 radical (unpaired) electrons. The van der Waals surface area contributed by atoms with Gasteiger partial charge in [-0.05, 0) is 56.4 Å². The topological polar surface area (TPSA) is 84.8 Å².